The van der Waals surface area contributed by atoms with Crippen LogP contribution >= 0.6 is 0 Å². The Morgan fingerprint density at radius 1 is 1.30 bits per heavy atom. The molecule has 1 aromatic heterocycles. The van der Waals surface area contributed by atoms with Crippen LogP contribution in [0.5, 0.6) is 5.75 Å². The van der Waals surface area contributed by atoms with Crippen LogP contribution in [0.3, 0.4) is 0 Å². The Morgan fingerprint density at radius 3 is 2.93 bits per heavy atom. The van der Waals surface area contributed by atoms with E-state index in [1.807, 2.05) is 19.1 Å². The summed E-state index contributed by atoms with van der Waals surface area (Å²) in [6.07, 6.45) is 6.68. The van der Waals surface area contributed by atoms with Gasteiger partial charge in [-0.2, -0.15) is 0 Å². The van der Waals surface area contributed by atoms with E-state index in [0.29, 0.717) is 12.2 Å². The van der Waals surface area contributed by atoms with Crippen LogP contribution in [0, 0.1) is 6.92 Å². The second-order valence-corrected chi connectivity index (χ2v) is 7.02. The summed E-state index contributed by atoms with van der Waals surface area (Å²) < 4.78 is 6.25. The van der Waals surface area contributed by atoms with Crippen LogP contribution in [0.4, 0.5) is 0 Å². The number of carbonyl (C=O) groups excluding carboxylic acids is 1. The molecule has 1 amide bonds. The summed E-state index contributed by atoms with van der Waals surface area (Å²) in [5, 5.41) is 2.94. The van der Waals surface area contributed by atoms with E-state index in [1.165, 1.54) is 11.8 Å². The van der Waals surface area contributed by atoms with Gasteiger partial charge in [0.05, 0.1) is 11.9 Å². The van der Waals surface area contributed by atoms with Gasteiger partial charge in [-0.1, -0.05) is 31.5 Å². The molecule has 6 nitrogen and oxygen atoms in total. The lowest BCUT2D eigenvalue weighted by atomic mass is 10.1. The number of hydrogen-bond donors (Lipinski definition) is 1. The Balaban J connectivity index is 1.57. The van der Waals surface area contributed by atoms with Crippen LogP contribution in [0.2, 0.25) is 0 Å². The minimum atomic E-state index is -0.184. The summed E-state index contributed by atoms with van der Waals surface area (Å²) in [5.41, 5.74) is 2.35. The Kier molecular flexibility index (Phi) is 6.76. The van der Waals surface area contributed by atoms with E-state index in [-0.39, 0.29) is 12.0 Å². The first-order chi connectivity index (χ1) is 13.2. The number of aryl methyl sites for hydroxylation is 1. The van der Waals surface area contributed by atoms with Gasteiger partial charge < -0.3 is 10.1 Å². The predicted octanol–water partition coefficient (Wildman–Crippen LogP) is 2.97. The van der Waals surface area contributed by atoms with Crippen LogP contribution in [-0.4, -0.2) is 46.5 Å². The molecule has 27 heavy (non-hydrogen) atoms. The van der Waals surface area contributed by atoms with E-state index >= 15 is 0 Å². The lowest BCUT2D eigenvalue weighted by Crippen LogP contribution is -2.38. The lowest BCUT2D eigenvalue weighted by Gasteiger charge is -2.24. The minimum absolute atomic E-state index is 0.184. The highest BCUT2D eigenvalue weighted by atomic mass is 16.5. The maximum atomic E-state index is 12.2. The Labute approximate surface area is 161 Å². The van der Waals surface area contributed by atoms with Crippen LogP contribution < -0.4 is 10.1 Å². The summed E-state index contributed by atoms with van der Waals surface area (Å²) in [6.45, 7) is 7.09. The molecule has 2 aromatic rings. The van der Waals surface area contributed by atoms with E-state index in [0.717, 1.165) is 50.3 Å². The smallest absolute Gasteiger partial charge is 0.271 e. The molecule has 0 radical (unpaired) electrons. The number of rotatable bonds is 7. The Bertz CT molecular complexity index is 748. The van der Waals surface area contributed by atoms with E-state index in [9.17, 15) is 4.79 Å². The highest BCUT2D eigenvalue weighted by Crippen LogP contribution is 2.26. The van der Waals surface area contributed by atoms with Gasteiger partial charge in [-0.3, -0.25) is 14.7 Å². The number of fused-ring (bicyclic) bond motifs is 1. The molecule has 1 aromatic carbocycles. The molecule has 1 N–H and O–H groups in total. The molecule has 6 heteroatoms. The Morgan fingerprint density at radius 2 is 2.15 bits per heavy atom. The number of unbranched alkanes of at least 4 members (excludes halogenated alkanes) is 1. The third kappa shape index (κ3) is 5.50. The van der Waals surface area contributed by atoms with Crippen molar-refractivity contribution in [1.29, 1.82) is 0 Å². The molecule has 1 aliphatic heterocycles. The molecule has 0 bridgehead atoms. The maximum Gasteiger partial charge on any atom is 0.271 e. The zero-order chi connectivity index (χ0) is 19.1. The van der Waals surface area contributed by atoms with E-state index in [1.54, 1.807) is 6.20 Å². The third-order valence-electron chi connectivity index (χ3n) is 4.73. The number of ether oxygens (including phenoxy) is 1. The monoisotopic (exact) mass is 368 g/mol. The largest absolute Gasteiger partial charge is 0.489 e. The maximum absolute atomic E-state index is 12.2. The molecule has 144 valence electrons. The van der Waals surface area contributed by atoms with Crippen molar-refractivity contribution >= 4 is 5.91 Å². The molecule has 0 saturated carbocycles. The van der Waals surface area contributed by atoms with Crippen LogP contribution in [0.1, 0.15) is 47.9 Å². The molecular weight excluding hydrogens is 340 g/mol. The standard InChI is InChI=1S/C21H28N4O2/c1-3-4-8-18-15-25(14-17-7-5-6-9-20(17)27-18)11-10-22-21(26)19-13-23-16(2)12-24-19/h5-7,9,12-13,18H,3-4,8,10-11,14-15H2,1-2H3,(H,22,26)/t18-/m0/s1. The van der Waals surface area contributed by atoms with Crippen molar-refractivity contribution < 1.29 is 9.53 Å². The highest BCUT2D eigenvalue weighted by Gasteiger charge is 2.22. The topological polar surface area (TPSA) is 67.4 Å². The molecule has 0 fully saturated rings. The number of hydrogen-bond acceptors (Lipinski definition) is 5. The fourth-order valence-electron chi connectivity index (χ4n) is 3.24. The third-order valence-corrected chi connectivity index (χ3v) is 4.73. The molecule has 0 aliphatic carbocycles. The lowest BCUT2D eigenvalue weighted by molar-refractivity contribution is 0.0936. The fourth-order valence-corrected chi connectivity index (χ4v) is 3.24. The van der Waals surface area contributed by atoms with Crippen LogP contribution in [0.15, 0.2) is 36.7 Å². The molecule has 0 unspecified atom stereocenters. The van der Waals surface area contributed by atoms with Gasteiger partial charge >= 0.3 is 0 Å². The van der Waals surface area contributed by atoms with Crippen molar-refractivity contribution in [3.8, 4) is 5.75 Å². The van der Waals surface area contributed by atoms with Gasteiger partial charge in [-0.15, -0.1) is 0 Å². The number of aromatic nitrogens is 2. The quantitative estimate of drug-likeness (QED) is 0.814. The molecule has 1 atom stereocenters. The SMILES string of the molecule is CCCC[C@H]1CN(CCNC(=O)c2cnc(C)cn2)Cc2ccccc2O1. The summed E-state index contributed by atoms with van der Waals surface area (Å²) >= 11 is 0. The first-order valence-electron chi connectivity index (χ1n) is 9.69. The average Bonchev–Trinajstić information content (AvgIpc) is 2.85. The van der Waals surface area contributed by atoms with Gasteiger partial charge in [0.1, 0.15) is 17.5 Å². The summed E-state index contributed by atoms with van der Waals surface area (Å²) in [5.74, 6) is 0.802. The molecule has 1 aliphatic rings. The van der Waals surface area contributed by atoms with Crippen LogP contribution in [0.25, 0.3) is 0 Å². The van der Waals surface area contributed by atoms with E-state index in [2.05, 4.69) is 39.2 Å². The number of carbonyl (C=O) groups is 1. The summed E-state index contributed by atoms with van der Waals surface area (Å²) in [4.78, 5) is 22.8. The minimum Gasteiger partial charge on any atom is -0.489 e. The predicted molar refractivity (Wildman–Crippen MR) is 105 cm³/mol. The van der Waals surface area contributed by atoms with Gasteiger partial charge in [-0.25, -0.2) is 4.98 Å². The zero-order valence-corrected chi connectivity index (χ0v) is 16.1. The van der Waals surface area contributed by atoms with Crippen molar-refractivity contribution in [3.05, 3.63) is 53.6 Å². The van der Waals surface area contributed by atoms with E-state index < -0.39 is 0 Å². The van der Waals surface area contributed by atoms with Crippen molar-refractivity contribution in [2.75, 3.05) is 19.6 Å². The first-order valence-corrected chi connectivity index (χ1v) is 9.69. The normalized spacial score (nSPS) is 16.9. The fraction of sp³-hybridized carbons (Fsp3) is 0.476. The second kappa shape index (κ2) is 9.46. The molecule has 0 spiro atoms. The first kappa shape index (κ1) is 19.3. The second-order valence-electron chi connectivity index (χ2n) is 7.02. The van der Waals surface area contributed by atoms with Gasteiger partial charge in [0, 0.05) is 37.9 Å². The van der Waals surface area contributed by atoms with Crippen molar-refractivity contribution in [1.82, 2.24) is 20.2 Å². The summed E-state index contributed by atoms with van der Waals surface area (Å²) in [7, 11) is 0. The zero-order valence-electron chi connectivity index (χ0n) is 16.1. The molecule has 3 rings (SSSR count). The molecular formula is C21H28N4O2. The Hall–Kier alpha value is -2.47. The van der Waals surface area contributed by atoms with Crippen molar-refractivity contribution in [2.24, 2.45) is 0 Å². The van der Waals surface area contributed by atoms with Gasteiger partial charge in [-0.05, 0) is 25.8 Å². The number of benzene rings is 1. The van der Waals surface area contributed by atoms with Gasteiger partial charge in [0.15, 0.2) is 0 Å². The van der Waals surface area contributed by atoms with Crippen LogP contribution in [-0.2, 0) is 6.54 Å². The van der Waals surface area contributed by atoms with Crippen molar-refractivity contribution in [2.45, 2.75) is 45.8 Å². The van der Waals surface area contributed by atoms with Crippen molar-refractivity contribution in [3.63, 3.8) is 0 Å². The number of nitrogens with zero attached hydrogens (tertiary/aromatic N) is 3. The van der Waals surface area contributed by atoms with Gasteiger partial charge in [0.25, 0.3) is 5.91 Å². The number of nitrogens with one attached hydrogen (secondary N) is 1. The van der Waals surface area contributed by atoms with Gasteiger partial charge in [0.2, 0.25) is 0 Å². The summed E-state index contributed by atoms with van der Waals surface area (Å²) in [6, 6.07) is 8.24. The van der Waals surface area contributed by atoms with E-state index in [4.69, 9.17) is 4.74 Å². The number of amides is 1. The number of para-hydroxylation sites is 1. The average molecular weight is 368 g/mol. The molecule has 2 heterocycles. The highest BCUT2D eigenvalue weighted by molar-refractivity contribution is 5.91. The molecule has 0 saturated heterocycles.